The fourth-order valence-corrected chi connectivity index (χ4v) is 3.78. The topological polar surface area (TPSA) is 107 Å². The van der Waals surface area contributed by atoms with Crippen LogP contribution in [0.3, 0.4) is 0 Å². The summed E-state index contributed by atoms with van der Waals surface area (Å²) in [6, 6.07) is 5.40. The van der Waals surface area contributed by atoms with Crippen molar-refractivity contribution in [3.8, 4) is 17.6 Å². The van der Waals surface area contributed by atoms with Crippen molar-refractivity contribution < 1.29 is 23.7 Å². The molecule has 8 nitrogen and oxygen atoms in total. The Morgan fingerprint density at radius 2 is 1.82 bits per heavy atom. The number of aromatic nitrogens is 2. The third-order valence-electron chi connectivity index (χ3n) is 4.58. The number of hydrogen-bond acceptors (Lipinski definition) is 7. The molecule has 3 aromatic rings. The Morgan fingerprint density at radius 3 is 2.52 bits per heavy atom. The predicted molar refractivity (Wildman–Crippen MR) is 121 cm³/mol. The quantitative estimate of drug-likeness (QED) is 0.429. The van der Waals surface area contributed by atoms with Crippen molar-refractivity contribution in [2.75, 3.05) is 39.6 Å². The Morgan fingerprint density at radius 1 is 1.12 bits per heavy atom. The lowest BCUT2D eigenvalue weighted by atomic mass is 10.1. The Balaban J connectivity index is 1.99. The SMILES string of the molecule is Cc1cc(=O)c2c(OCCOCCOCCO)ncc(Cl)c2n1-c1c(Cl)cc(F)cc1C#N. The zero-order valence-corrected chi connectivity index (χ0v) is 19.1. The monoisotopic (exact) mass is 495 g/mol. The van der Waals surface area contributed by atoms with Crippen LogP contribution in [0.4, 0.5) is 4.39 Å². The van der Waals surface area contributed by atoms with E-state index in [0.717, 1.165) is 12.1 Å². The molecule has 33 heavy (non-hydrogen) atoms. The van der Waals surface area contributed by atoms with Crippen molar-refractivity contribution in [3.05, 3.63) is 61.7 Å². The Hall–Kier alpha value is -2.74. The molecule has 174 valence electrons. The van der Waals surface area contributed by atoms with Gasteiger partial charge in [0.15, 0.2) is 5.43 Å². The van der Waals surface area contributed by atoms with Crippen LogP contribution in [-0.4, -0.2) is 54.3 Å². The van der Waals surface area contributed by atoms with Crippen molar-refractivity contribution in [1.29, 1.82) is 5.26 Å². The van der Waals surface area contributed by atoms with Gasteiger partial charge in [0, 0.05) is 11.8 Å². The number of aryl methyl sites for hydroxylation is 1. The molecule has 2 heterocycles. The molecular weight excluding hydrogens is 476 g/mol. The highest BCUT2D eigenvalue weighted by Crippen LogP contribution is 2.34. The third kappa shape index (κ3) is 5.61. The van der Waals surface area contributed by atoms with Crippen LogP contribution in [0.15, 0.2) is 29.2 Å². The number of ether oxygens (including phenoxy) is 3. The molecule has 0 atom stereocenters. The first kappa shape index (κ1) is 24.9. The van der Waals surface area contributed by atoms with Crippen molar-refractivity contribution in [2.24, 2.45) is 0 Å². The highest BCUT2D eigenvalue weighted by Gasteiger charge is 2.21. The van der Waals surface area contributed by atoms with E-state index >= 15 is 0 Å². The molecule has 0 saturated carbocycles. The van der Waals surface area contributed by atoms with Crippen molar-refractivity contribution >= 4 is 34.1 Å². The molecule has 0 amide bonds. The molecule has 0 aliphatic carbocycles. The lowest BCUT2D eigenvalue weighted by Crippen LogP contribution is -2.16. The second kappa shape index (κ2) is 11.4. The molecule has 0 fully saturated rings. The summed E-state index contributed by atoms with van der Waals surface area (Å²) in [5.74, 6) is -0.633. The van der Waals surface area contributed by atoms with Gasteiger partial charge < -0.3 is 23.9 Å². The molecule has 0 aliphatic rings. The number of nitriles is 1. The van der Waals surface area contributed by atoms with Crippen LogP contribution in [-0.2, 0) is 9.47 Å². The summed E-state index contributed by atoms with van der Waals surface area (Å²) in [5, 5.41) is 18.4. The van der Waals surface area contributed by atoms with E-state index in [2.05, 4.69) is 4.98 Å². The van der Waals surface area contributed by atoms with Crippen molar-refractivity contribution in [2.45, 2.75) is 6.92 Å². The van der Waals surface area contributed by atoms with Gasteiger partial charge in [-0.15, -0.1) is 0 Å². The fraction of sp³-hybridized carbons (Fsp3) is 0.318. The van der Waals surface area contributed by atoms with Crippen molar-refractivity contribution in [3.63, 3.8) is 0 Å². The molecular formula is C22H20Cl2FN3O5. The van der Waals surface area contributed by atoms with Gasteiger partial charge in [-0.1, -0.05) is 23.2 Å². The van der Waals surface area contributed by atoms with Gasteiger partial charge in [0.25, 0.3) is 0 Å². The minimum atomic E-state index is -0.665. The van der Waals surface area contributed by atoms with E-state index in [4.69, 9.17) is 42.5 Å². The molecule has 0 bridgehead atoms. The number of rotatable bonds is 10. The van der Waals surface area contributed by atoms with Gasteiger partial charge in [0.05, 0.1) is 66.0 Å². The average Bonchev–Trinajstić information content (AvgIpc) is 2.77. The molecule has 0 unspecified atom stereocenters. The molecule has 11 heteroatoms. The summed E-state index contributed by atoms with van der Waals surface area (Å²) >= 11 is 12.7. The van der Waals surface area contributed by atoms with Crippen molar-refractivity contribution in [1.82, 2.24) is 9.55 Å². The predicted octanol–water partition coefficient (Wildman–Crippen LogP) is 3.42. The smallest absolute Gasteiger partial charge is 0.227 e. The molecule has 1 aromatic carbocycles. The highest BCUT2D eigenvalue weighted by atomic mass is 35.5. The van der Waals surface area contributed by atoms with Gasteiger partial charge in [0.1, 0.15) is 23.9 Å². The van der Waals surface area contributed by atoms with Gasteiger partial charge in [-0.3, -0.25) is 4.79 Å². The third-order valence-corrected chi connectivity index (χ3v) is 5.15. The maximum atomic E-state index is 13.8. The lowest BCUT2D eigenvalue weighted by molar-refractivity contribution is 0.0245. The van der Waals surface area contributed by atoms with Crippen LogP contribution in [0, 0.1) is 24.1 Å². The van der Waals surface area contributed by atoms with Crippen LogP contribution in [0.25, 0.3) is 16.6 Å². The van der Waals surface area contributed by atoms with Gasteiger partial charge in [-0.25, -0.2) is 9.37 Å². The summed E-state index contributed by atoms with van der Waals surface area (Å²) in [6.45, 7) is 2.75. The summed E-state index contributed by atoms with van der Waals surface area (Å²) in [7, 11) is 0. The first-order valence-electron chi connectivity index (χ1n) is 9.88. The number of aliphatic hydroxyl groups excluding tert-OH is 1. The van der Waals surface area contributed by atoms with Crippen LogP contribution < -0.4 is 10.2 Å². The maximum Gasteiger partial charge on any atom is 0.227 e. The Labute approximate surface area is 198 Å². The highest BCUT2D eigenvalue weighted by molar-refractivity contribution is 6.35. The minimum absolute atomic E-state index is 0.0215. The van der Waals surface area contributed by atoms with Crippen LogP contribution >= 0.6 is 23.2 Å². The average molecular weight is 496 g/mol. The van der Waals surface area contributed by atoms with E-state index in [0.29, 0.717) is 18.9 Å². The molecule has 0 saturated heterocycles. The number of benzene rings is 1. The van der Waals surface area contributed by atoms with E-state index in [1.165, 1.54) is 16.8 Å². The molecule has 0 radical (unpaired) electrons. The lowest BCUT2D eigenvalue weighted by Gasteiger charge is -2.19. The Kier molecular flexibility index (Phi) is 8.61. The number of aliphatic hydroxyl groups is 1. The number of nitrogens with zero attached hydrogens (tertiary/aromatic N) is 3. The van der Waals surface area contributed by atoms with E-state index in [-0.39, 0.29) is 69.9 Å². The second-order valence-electron chi connectivity index (χ2n) is 6.81. The number of hydrogen-bond donors (Lipinski definition) is 1. The van der Waals surface area contributed by atoms with Crippen LogP contribution in [0.2, 0.25) is 10.0 Å². The number of fused-ring (bicyclic) bond motifs is 1. The summed E-state index contributed by atoms with van der Waals surface area (Å²) in [5.41, 5.74) is 0.435. The van der Waals surface area contributed by atoms with E-state index in [9.17, 15) is 14.4 Å². The molecule has 0 spiro atoms. The van der Waals surface area contributed by atoms with E-state index in [1.54, 1.807) is 6.92 Å². The summed E-state index contributed by atoms with van der Waals surface area (Å²) in [6.07, 6.45) is 1.32. The normalized spacial score (nSPS) is 11.0. The first-order chi connectivity index (χ1) is 15.9. The number of halogens is 3. The standard InChI is InChI=1S/C22H20Cl2FN3O5/c1-13-8-18(30)19-21(28(13)20-14(11-26)9-15(25)10-16(20)23)17(24)12-27-22(19)33-7-6-32-5-4-31-3-2-29/h8-10,12,29H,2-7H2,1H3. The molecule has 2 aromatic heterocycles. The van der Waals surface area contributed by atoms with Gasteiger partial charge in [-0.05, 0) is 19.1 Å². The van der Waals surface area contributed by atoms with Gasteiger partial charge >= 0.3 is 0 Å². The van der Waals surface area contributed by atoms with E-state index in [1.807, 2.05) is 6.07 Å². The Bertz CT molecular complexity index is 1260. The van der Waals surface area contributed by atoms with Gasteiger partial charge in [0.2, 0.25) is 5.88 Å². The molecule has 3 rings (SSSR count). The number of pyridine rings is 2. The second-order valence-corrected chi connectivity index (χ2v) is 7.63. The molecule has 1 N–H and O–H groups in total. The largest absolute Gasteiger partial charge is 0.475 e. The van der Waals surface area contributed by atoms with Gasteiger partial charge in [-0.2, -0.15) is 5.26 Å². The zero-order chi connectivity index (χ0) is 24.0. The zero-order valence-electron chi connectivity index (χ0n) is 17.6. The minimum Gasteiger partial charge on any atom is -0.475 e. The summed E-state index contributed by atoms with van der Waals surface area (Å²) in [4.78, 5) is 17.0. The maximum absolute atomic E-state index is 13.8. The van der Waals surface area contributed by atoms with E-state index < -0.39 is 5.82 Å². The summed E-state index contributed by atoms with van der Waals surface area (Å²) < 4.78 is 31.5. The van der Waals surface area contributed by atoms with Crippen LogP contribution in [0.1, 0.15) is 11.3 Å². The first-order valence-corrected chi connectivity index (χ1v) is 10.6. The van der Waals surface area contributed by atoms with Crippen LogP contribution in [0.5, 0.6) is 5.88 Å². The molecule has 0 aliphatic heterocycles. The fourth-order valence-electron chi connectivity index (χ4n) is 3.27.